The molecule has 0 fully saturated rings. The van der Waals surface area contributed by atoms with Crippen LogP contribution in [0, 0.1) is 17.1 Å². The highest BCUT2D eigenvalue weighted by Gasteiger charge is 2.12. The predicted molar refractivity (Wildman–Crippen MR) is 66.7 cm³/mol. The molecule has 9 heteroatoms. The third kappa shape index (κ3) is 3.38. The Hall–Kier alpha value is -3.28. The van der Waals surface area contributed by atoms with E-state index < -0.39 is 17.7 Å². The van der Waals surface area contributed by atoms with Gasteiger partial charge in [0.1, 0.15) is 18.4 Å². The first kappa shape index (κ1) is 14.1. The average Bonchev–Trinajstić information content (AvgIpc) is 2.89. The lowest BCUT2D eigenvalue weighted by atomic mass is 10.2. The van der Waals surface area contributed by atoms with Crippen molar-refractivity contribution in [2.75, 3.05) is 5.32 Å². The molecule has 0 aliphatic carbocycles. The van der Waals surface area contributed by atoms with Gasteiger partial charge in [-0.1, -0.05) is 5.21 Å². The van der Waals surface area contributed by atoms with Crippen molar-refractivity contribution in [1.82, 2.24) is 15.0 Å². The maximum absolute atomic E-state index is 13.0. The standard InChI is InChI=1S/C12H8FN5O3/c13-8-1-2-9(7(3-8)4-14)15-11(19)6-18-5-10(12(20)21)16-17-18/h1-3,5H,6H2,(H,15,19)(H,20,21). The second-order valence-corrected chi connectivity index (χ2v) is 3.96. The normalized spacial score (nSPS) is 9.90. The Bertz CT molecular complexity index is 750. The summed E-state index contributed by atoms with van der Waals surface area (Å²) in [6, 6.07) is 5.12. The van der Waals surface area contributed by atoms with Gasteiger partial charge >= 0.3 is 5.97 Å². The van der Waals surface area contributed by atoms with E-state index in [0.717, 1.165) is 23.0 Å². The zero-order chi connectivity index (χ0) is 15.4. The van der Waals surface area contributed by atoms with Crippen LogP contribution in [-0.2, 0) is 11.3 Å². The number of benzene rings is 1. The van der Waals surface area contributed by atoms with Crippen molar-refractivity contribution in [3.63, 3.8) is 0 Å². The molecule has 0 unspecified atom stereocenters. The van der Waals surface area contributed by atoms with Gasteiger partial charge in [-0.3, -0.25) is 4.79 Å². The van der Waals surface area contributed by atoms with Gasteiger partial charge in [0.05, 0.1) is 17.4 Å². The van der Waals surface area contributed by atoms with E-state index in [1.807, 2.05) is 0 Å². The molecule has 0 atom stereocenters. The molecule has 2 rings (SSSR count). The molecular weight excluding hydrogens is 281 g/mol. The topological polar surface area (TPSA) is 121 Å². The number of carbonyl (C=O) groups excluding carboxylic acids is 1. The van der Waals surface area contributed by atoms with Crippen molar-refractivity contribution < 1.29 is 19.1 Å². The monoisotopic (exact) mass is 289 g/mol. The zero-order valence-electron chi connectivity index (χ0n) is 10.4. The Morgan fingerprint density at radius 1 is 1.48 bits per heavy atom. The summed E-state index contributed by atoms with van der Waals surface area (Å²) < 4.78 is 14.0. The van der Waals surface area contributed by atoms with E-state index in [0.29, 0.717) is 0 Å². The van der Waals surface area contributed by atoms with E-state index in [4.69, 9.17) is 10.4 Å². The van der Waals surface area contributed by atoms with E-state index in [1.54, 1.807) is 6.07 Å². The van der Waals surface area contributed by atoms with Gasteiger partial charge in [-0.2, -0.15) is 5.26 Å². The molecule has 1 amide bonds. The Labute approximate surface area is 117 Å². The van der Waals surface area contributed by atoms with Gasteiger partial charge in [-0.25, -0.2) is 13.9 Å². The summed E-state index contributed by atoms with van der Waals surface area (Å²) in [5.74, 6) is -2.40. The van der Waals surface area contributed by atoms with Gasteiger partial charge < -0.3 is 10.4 Å². The zero-order valence-corrected chi connectivity index (χ0v) is 10.4. The van der Waals surface area contributed by atoms with Crippen LogP contribution >= 0.6 is 0 Å². The number of nitrogens with one attached hydrogen (secondary N) is 1. The van der Waals surface area contributed by atoms with Crippen LogP contribution in [0.25, 0.3) is 0 Å². The minimum absolute atomic E-state index is 0.0202. The fourth-order valence-electron chi connectivity index (χ4n) is 1.53. The van der Waals surface area contributed by atoms with Crippen LogP contribution in [-0.4, -0.2) is 32.0 Å². The van der Waals surface area contributed by atoms with E-state index in [2.05, 4.69) is 15.6 Å². The number of rotatable bonds is 4. The summed E-state index contributed by atoms with van der Waals surface area (Å²) in [6.45, 7) is -0.289. The molecule has 0 radical (unpaired) electrons. The number of hydrogen-bond donors (Lipinski definition) is 2. The number of amides is 1. The molecule has 2 aromatic rings. The maximum atomic E-state index is 13.0. The largest absolute Gasteiger partial charge is 0.476 e. The average molecular weight is 289 g/mol. The van der Waals surface area contributed by atoms with E-state index in [-0.39, 0.29) is 23.5 Å². The first-order chi connectivity index (χ1) is 9.99. The molecule has 8 nitrogen and oxygen atoms in total. The van der Waals surface area contributed by atoms with Gasteiger partial charge in [0.25, 0.3) is 0 Å². The minimum atomic E-state index is -1.26. The smallest absolute Gasteiger partial charge is 0.358 e. The summed E-state index contributed by atoms with van der Waals surface area (Å²) in [5, 5.41) is 26.8. The lowest BCUT2D eigenvalue weighted by Crippen LogP contribution is -2.19. The molecule has 1 heterocycles. The van der Waals surface area contributed by atoms with E-state index >= 15 is 0 Å². The second kappa shape index (κ2) is 5.79. The third-order valence-corrected chi connectivity index (χ3v) is 2.44. The van der Waals surface area contributed by atoms with Crippen molar-refractivity contribution in [3.05, 3.63) is 41.5 Å². The highest BCUT2D eigenvalue weighted by Crippen LogP contribution is 2.15. The number of anilines is 1. The fourth-order valence-corrected chi connectivity index (χ4v) is 1.53. The van der Waals surface area contributed by atoms with Gasteiger partial charge in [0.2, 0.25) is 5.91 Å². The van der Waals surface area contributed by atoms with Crippen molar-refractivity contribution in [3.8, 4) is 6.07 Å². The minimum Gasteiger partial charge on any atom is -0.476 e. The number of hydrogen-bond acceptors (Lipinski definition) is 5. The fraction of sp³-hybridized carbons (Fsp3) is 0.0833. The summed E-state index contributed by atoms with van der Waals surface area (Å²) in [4.78, 5) is 22.4. The quantitative estimate of drug-likeness (QED) is 0.851. The number of aromatic nitrogens is 3. The van der Waals surface area contributed by atoms with E-state index in [9.17, 15) is 14.0 Å². The van der Waals surface area contributed by atoms with Crippen molar-refractivity contribution >= 4 is 17.6 Å². The Balaban J connectivity index is 2.08. The number of aromatic carboxylic acids is 1. The third-order valence-electron chi connectivity index (χ3n) is 2.44. The van der Waals surface area contributed by atoms with Crippen molar-refractivity contribution in [1.29, 1.82) is 5.26 Å². The van der Waals surface area contributed by atoms with Crippen molar-refractivity contribution in [2.45, 2.75) is 6.54 Å². The Morgan fingerprint density at radius 3 is 2.86 bits per heavy atom. The molecule has 0 aliphatic heterocycles. The van der Waals surface area contributed by atoms with Crippen LogP contribution in [0.4, 0.5) is 10.1 Å². The summed E-state index contributed by atoms with van der Waals surface area (Å²) >= 11 is 0. The highest BCUT2D eigenvalue weighted by atomic mass is 19.1. The van der Waals surface area contributed by atoms with Crippen LogP contribution in [0.2, 0.25) is 0 Å². The maximum Gasteiger partial charge on any atom is 0.358 e. The first-order valence-corrected chi connectivity index (χ1v) is 5.62. The second-order valence-electron chi connectivity index (χ2n) is 3.96. The van der Waals surface area contributed by atoms with Crippen molar-refractivity contribution in [2.24, 2.45) is 0 Å². The molecule has 0 bridgehead atoms. The molecule has 0 saturated carbocycles. The van der Waals surface area contributed by atoms with Crippen LogP contribution in [0.15, 0.2) is 24.4 Å². The Kier molecular flexibility index (Phi) is 3.90. The number of nitriles is 1. The first-order valence-electron chi connectivity index (χ1n) is 5.62. The van der Waals surface area contributed by atoms with Gasteiger partial charge in [0, 0.05) is 0 Å². The molecule has 1 aromatic heterocycles. The summed E-state index contributed by atoms with van der Waals surface area (Å²) in [7, 11) is 0. The molecular formula is C12H8FN5O3. The molecule has 0 aliphatic rings. The van der Waals surface area contributed by atoms with Gasteiger partial charge in [0.15, 0.2) is 5.69 Å². The summed E-state index contributed by atoms with van der Waals surface area (Å²) in [5.41, 5.74) is -0.155. The van der Waals surface area contributed by atoms with E-state index in [1.165, 1.54) is 6.07 Å². The number of carbonyl (C=O) groups is 2. The molecule has 0 spiro atoms. The lowest BCUT2D eigenvalue weighted by Gasteiger charge is -2.06. The van der Waals surface area contributed by atoms with Crippen LogP contribution < -0.4 is 5.32 Å². The number of carboxylic acids is 1. The van der Waals surface area contributed by atoms with Crippen LogP contribution in [0.1, 0.15) is 16.1 Å². The van der Waals surface area contributed by atoms with Crippen LogP contribution in [0.3, 0.4) is 0 Å². The van der Waals surface area contributed by atoms with Crippen LogP contribution in [0.5, 0.6) is 0 Å². The SMILES string of the molecule is N#Cc1cc(F)ccc1NC(=O)Cn1cc(C(=O)O)nn1. The molecule has 0 saturated heterocycles. The molecule has 1 aromatic carbocycles. The lowest BCUT2D eigenvalue weighted by molar-refractivity contribution is -0.116. The number of carboxylic acid groups (broad SMARTS) is 1. The summed E-state index contributed by atoms with van der Waals surface area (Å²) in [6.07, 6.45) is 1.10. The highest BCUT2D eigenvalue weighted by molar-refractivity contribution is 5.92. The number of nitrogens with zero attached hydrogens (tertiary/aromatic N) is 4. The Morgan fingerprint density at radius 2 is 2.24 bits per heavy atom. The number of halogens is 1. The van der Waals surface area contributed by atoms with Gasteiger partial charge in [-0.05, 0) is 18.2 Å². The predicted octanol–water partition coefficient (Wildman–Crippen LogP) is 0.626. The van der Waals surface area contributed by atoms with Gasteiger partial charge in [-0.15, -0.1) is 5.10 Å². The molecule has 2 N–H and O–H groups in total. The molecule has 106 valence electrons. The molecule has 21 heavy (non-hydrogen) atoms.